The molecule has 1 saturated heterocycles. The second-order valence-electron chi connectivity index (χ2n) is 7.22. The molecule has 0 amide bonds. The van der Waals surface area contributed by atoms with Gasteiger partial charge in [-0.05, 0) is 47.8 Å². The van der Waals surface area contributed by atoms with Crippen molar-refractivity contribution in [1.82, 2.24) is 9.73 Å². The zero-order chi connectivity index (χ0) is 20.8. The Labute approximate surface area is 177 Å². The highest BCUT2D eigenvalue weighted by Crippen LogP contribution is 2.35. The first-order chi connectivity index (χ1) is 14.6. The minimum atomic E-state index is -3.68. The Morgan fingerprint density at radius 2 is 1.60 bits per heavy atom. The van der Waals surface area contributed by atoms with E-state index in [1.807, 2.05) is 18.2 Å². The van der Waals surface area contributed by atoms with Crippen LogP contribution in [0, 0.1) is 0 Å². The Morgan fingerprint density at radius 1 is 0.933 bits per heavy atom. The number of hydrazone groups is 1. The standard InChI is InChI=1S/C23H25N3O3S/c27-30(28,22-9-5-2-6-10-22)25-24-18-21-12-11-20(17-19-7-3-1-4-8-19)23(21)26-13-15-29-16-14-26/h1-10,17-18,25H,11-16H2/b20-17+,24-18+. The minimum absolute atomic E-state index is 0.195. The van der Waals surface area contributed by atoms with Gasteiger partial charge in [0.2, 0.25) is 0 Å². The van der Waals surface area contributed by atoms with E-state index < -0.39 is 10.0 Å². The Hall–Kier alpha value is -2.90. The highest BCUT2D eigenvalue weighted by molar-refractivity contribution is 7.89. The van der Waals surface area contributed by atoms with Crippen LogP contribution in [0.1, 0.15) is 18.4 Å². The number of sulfonamides is 1. The van der Waals surface area contributed by atoms with E-state index in [-0.39, 0.29) is 4.90 Å². The summed E-state index contributed by atoms with van der Waals surface area (Å²) in [5, 5.41) is 4.08. The van der Waals surface area contributed by atoms with E-state index >= 15 is 0 Å². The summed E-state index contributed by atoms with van der Waals surface area (Å²) in [5.74, 6) is 0. The van der Waals surface area contributed by atoms with Crippen molar-refractivity contribution in [3.8, 4) is 0 Å². The van der Waals surface area contributed by atoms with E-state index in [0.29, 0.717) is 13.2 Å². The average molecular weight is 424 g/mol. The van der Waals surface area contributed by atoms with Crippen molar-refractivity contribution in [1.29, 1.82) is 0 Å². The number of benzene rings is 2. The maximum absolute atomic E-state index is 12.4. The van der Waals surface area contributed by atoms with Crippen LogP contribution in [0.25, 0.3) is 6.08 Å². The van der Waals surface area contributed by atoms with Crippen LogP contribution in [0.2, 0.25) is 0 Å². The Morgan fingerprint density at radius 3 is 2.30 bits per heavy atom. The summed E-state index contributed by atoms with van der Waals surface area (Å²) in [6.45, 7) is 3.00. The predicted molar refractivity (Wildman–Crippen MR) is 118 cm³/mol. The fraction of sp³-hybridized carbons (Fsp3) is 0.261. The SMILES string of the molecule is O=S(=O)(N/N=C/C1=C(N2CCOCC2)C(=C/c2ccccc2)/CC1)c1ccccc1. The number of allylic oxidation sites excluding steroid dienone is 2. The van der Waals surface area contributed by atoms with Gasteiger partial charge < -0.3 is 9.64 Å². The van der Waals surface area contributed by atoms with Crippen LogP contribution in [0.4, 0.5) is 0 Å². The van der Waals surface area contributed by atoms with Gasteiger partial charge >= 0.3 is 0 Å². The molecule has 2 aliphatic rings. The summed E-state index contributed by atoms with van der Waals surface area (Å²) >= 11 is 0. The van der Waals surface area contributed by atoms with Crippen molar-refractivity contribution < 1.29 is 13.2 Å². The molecule has 2 aromatic rings. The van der Waals surface area contributed by atoms with Crippen LogP contribution in [0.15, 0.2) is 87.5 Å². The van der Waals surface area contributed by atoms with Gasteiger partial charge in [-0.2, -0.15) is 13.5 Å². The molecule has 0 saturated carbocycles. The minimum Gasteiger partial charge on any atom is -0.378 e. The first-order valence-corrected chi connectivity index (χ1v) is 11.5. The first kappa shape index (κ1) is 20.4. The zero-order valence-electron chi connectivity index (χ0n) is 16.7. The van der Waals surface area contributed by atoms with E-state index in [4.69, 9.17) is 4.74 Å². The molecule has 0 atom stereocenters. The lowest BCUT2D eigenvalue weighted by molar-refractivity contribution is 0.0548. The lowest BCUT2D eigenvalue weighted by Crippen LogP contribution is -2.36. The maximum Gasteiger partial charge on any atom is 0.276 e. The van der Waals surface area contributed by atoms with Crippen LogP contribution >= 0.6 is 0 Å². The molecule has 1 fully saturated rings. The van der Waals surface area contributed by atoms with E-state index in [2.05, 4.69) is 33.0 Å². The second-order valence-corrected chi connectivity index (χ2v) is 8.88. The highest BCUT2D eigenvalue weighted by atomic mass is 32.2. The molecule has 0 unspecified atom stereocenters. The summed E-state index contributed by atoms with van der Waals surface area (Å²) in [4.78, 5) is 4.85. The quantitative estimate of drug-likeness (QED) is 0.571. The molecule has 7 heteroatoms. The monoisotopic (exact) mass is 423 g/mol. The second kappa shape index (κ2) is 9.28. The van der Waals surface area contributed by atoms with Crippen LogP contribution in [0.5, 0.6) is 0 Å². The first-order valence-electron chi connectivity index (χ1n) is 10.1. The molecule has 1 N–H and O–H groups in total. The molecule has 1 aliphatic carbocycles. The molecule has 1 heterocycles. The number of nitrogens with zero attached hydrogens (tertiary/aromatic N) is 2. The number of hydrogen-bond donors (Lipinski definition) is 1. The predicted octanol–water partition coefficient (Wildman–Crippen LogP) is 3.41. The molecule has 4 rings (SSSR count). The Kier molecular flexibility index (Phi) is 6.30. The van der Waals surface area contributed by atoms with Gasteiger partial charge in [0.05, 0.1) is 24.3 Å². The number of hydrogen-bond acceptors (Lipinski definition) is 5. The van der Waals surface area contributed by atoms with Crippen molar-refractivity contribution >= 4 is 22.3 Å². The van der Waals surface area contributed by atoms with Gasteiger partial charge in [0.25, 0.3) is 10.0 Å². The summed E-state index contributed by atoms with van der Waals surface area (Å²) < 4.78 is 30.3. The summed E-state index contributed by atoms with van der Waals surface area (Å²) in [7, 11) is -3.68. The maximum atomic E-state index is 12.4. The molecular formula is C23H25N3O3S. The molecule has 0 radical (unpaired) electrons. The van der Waals surface area contributed by atoms with E-state index in [0.717, 1.165) is 42.8 Å². The molecule has 2 aromatic carbocycles. The number of ether oxygens (including phenoxy) is 1. The van der Waals surface area contributed by atoms with Gasteiger partial charge in [0.15, 0.2) is 0 Å². The molecule has 30 heavy (non-hydrogen) atoms. The number of rotatable bonds is 6. The molecule has 0 spiro atoms. The highest BCUT2D eigenvalue weighted by Gasteiger charge is 2.25. The smallest absolute Gasteiger partial charge is 0.276 e. The van der Waals surface area contributed by atoms with E-state index in [1.54, 1.807) is 36.5 Å². The van der Waals surface area contributed by atoms with Crippen LogP contribution < -0.4 is 4.83 Å². The fourth-order valence-corrected chi connectivity index (χ4v) is 4.56. The Bertz CT molecular complexity index is 1060. The van der Waals surface area contributed by atoms with Gasteiger partial charge in [0, 0.05) is 18.8 Å². The molecule has 0 bridgehead atoms. The summed E-state index contributed by atoms with van der Waals surface area (Å²) in [5.41, 5.74) is 4.58. The van der Waals surface area contributed by atoms with E-state index in [9.17, 15) is 8.42 Å². The lowest BCUT2D eigenvalue weighted by atomic mass is 10.1. The Balaban J connectivity index is 1.60. The molecule has 1 aliphatic heterocycles. The van der Waals surface area contributed by atoms with Crippen molar-refractivity contribution in [3.05, 3.63) is 83.1 Å². The molecule has 6 nitrogen and oxygen atoms in total. The molecule has 0 aromatic heterocycles. The number of morpholine rings is 1. The van der Waals surface area contributed by atoms with Crippen molar-refractivity contribution in [2.75, 3.05) is 26.3 Å². The molecule has 156 valence electrons. The largest absolute Gasteiger partial charge is 0.378 e. The fourth-order valence-electron chi connectivity index (χ4n) is 3.75. The van der Waals surface area contributed by atoms with Gasteiger partial charge in [-0.1, -0.05) is 48.5 Å². The summed E-state index contributed by atoms with van der Waals surface area (Å²) in [6.07, 6.45) is 5.58. The van der Waals surface area contributed by atoms with Crippen molar-refractivity contribution in [3.63, 3.8) is 0 Å². The van der Waals surface area contributed by atoms with Gasteiger partial charge in [-0.15, -0.1) is 0 Å². The number of nitrogens with one attached hydrogen (secondary N) is 1. The van der Waals surface area contributed by atoms with Gasteiger partial charge in [-0.3, -0.25) is 0 Å². The third-order valence-electron chi connectivity index (χ3n) is 5.19. The van der Waals surface area contributed by atoms with Crippen LogP contribution in [-0.4, -0.2) is 45.8 Å². The lowest BCUT2D eigenvalue weighted by Gasteiger charge is -2.31. The third-order valence-corrected chi connectivity index (χ3v) is 6.43. The average Bonchev–Trinajstić information content (AvgIpc) is 3.18. The van der Waals surface area contributed by atoms with Gasteiger partial charge in [-0.25, -0.2) is 4.83 Å². The van der Waals surface area contributed by atoms with Crippen molar-refractivity contribution in [2.45, 2.75) is 17.7 Å². The topological polar surface area (TPSA) is 71.0 Å². The summed E-state index contributed by atoms with van der Waals surface area (Å²) in [6, 6.07) is 18.5. The zero-order valence-corrected chi connectivity index (χ0v) is 17.5. The molecular weight excluding hydrogens is 398 g/mol. The normalized spacial score (nSPS) is 19.1. The van der Waals surface area contributed by atoms with Gasteiger partial charge in [0.1, 0.15) is 0 Å². The van der Waals surface area contributed by atoms with E-state index in [1.165, 1.54) is 5.57 Å². The third kappa shape index (κ3) is 4.80. The van der Waals surface area contributed by atoms with Crippen LogP contribution in [-0.2, 0) is 14.8 Å². The van der Waals surface area contributed by atoms with Crippen molar-refractivity contribution in [2.24, 2.45) is 5.10 Å². The van der Waals surface area contributed by atoms with Crippen LogP contribution in [0.3, 0.4) is 0 Å².